The first-order chi connectivity index (χ1) is 16.5. The molecule has 1 fully saturated rings. The number of amides is 2. The minimum absolute atomic E-state index is 0.0191. The highest BCUT2D eigenvalue weighted by Gasteiger charge is 2.29. The zero-order chi connectivity index (χ0) is 23.7. The third-order valence-corrected chi connectivity index (χ3v) is 7.39. The molecule has 0 unspecified atom stereocenters. The normalized spacial score (nSPS) is 14.5. The second kappa shape index (κ2) is 9.38. The zero-order valence-corrected chi connectivity index (χ0v) is 19.6. The van der Waals surface area contributed by atoms with Crippen molar-refractivity contribution in [3.8, 4) is 5.69 Å². The first-order valence-corrected chi connectivity index (χ1v) is 12.2. The van der Waals surface area contributed by atoms with Gasteiger partial charge in [-0.2, -0.15) is 5.10 Å². The lowest BCUT2D eigenvalue weighted by Crippen LogP contribution is -2.42. The fraction of sp³-hybridized carbons (Fsp3) is 0.269. The van der Waals surface area contributed by atoms with Crippen molar-refractivity contribution in [2.24, 2.45) is 5.92 Å². The number of benzene rings is 2. The van der Waals surface area contributed by atoms with Gasteiger partial charge in [-0.3, -0.25) is 9.59 Å². The van der Waals surface area contributed by atoms with E-state index < -0.39 is 0 Å². The lowest BCUT2D eigenvalue weighted by Gasteiger charge is -2.31. The smallest absolute Gasteiger partial charge is 0.264 e. The first-order valence-electron chi connectivity index (χ1n) is 11.4. The molecule has 0 spiro atoms. The van der Waals surface area contributed by atoms with E-state index >= 15 is 0 Å². The molecule has 2 aromatic heterocycles. The molecule has 0 atom stereocenters. The second-order valence-corrected chi connectivity index (χ2v) is 9.60. The van der Waals surface area contributed by atoms with Gasteiger partial charge in [0.2, 0.25) is 5.91 Å². The Bertz CT molecular complexity index is 1320. The Hall–Kier alpha value is -3.52. The molecular weight excluding hydrogens is 451 g/mol. The van der Waals surface area contributed by atoms with Crippen LogP contribution >= 0.6 is 11.3 Å². The summed E-state index contributed by atoms with van der Waals surface area (Å²) in [4.78, 5) is 29.1. The van der Waals surface area contributed by atoms with Gasteiger partial charge in [0.1, 0.15) is 10.6 Å². The van der Waals surface area contributed by atoms with Crippen molar-refractivity contribution >= 4 is 33.4 Å². The average molecular weight is 477 g/mol. The fourth-order valence-corrected chi connectivity index (χ4v) is 5.49. The second-order valence-electron chi connectivity index (χ2n) is 8.57. The van der Waals surface area contributed by atoms with E-state index in [9.17, 15) is 14.0 Å². The van der Waals surface area contributed by atoms with Crippen LogP contribution in [0.15, 0.2) is 60.7 Å². The van der Waals surface area contributed by atoms with Crippen molar-refractivity contribution in [3.05, 3.63) is 82.6 Å². The number of aromatic nitrogens is 2. The summed E-state index contributed by atoms with van der Waals surface area (Å²) in [6.07, 6.45) is 1.30. The van der Waals surface area contributed by atoms with E-state index in [1.807, 2.05) is 48.2 Å². The molecule has 4 aromatic rings. The molecule has 1 aliphatic rings. The van der Waals surface area contributed by atoms with E-state index in [0.717, 1.165) is 27.2 Å². The van der Waals surface area contributed by atoms with Crippen LogP contribution in [0.4, 0.5) is 4.39 Å². The number of hydrogen-bond acceptors (Lipinski definition) is 4. The third-order valence-electron chi connectivity index (χ3n) is 6.29. The Labute approximate surface area is 201 Å². The quantitative estimate of drug-likeness (QED) is 0.454. The molecule has 174 valence electrons. The number of nitrogens with one attached hydrogen (secondary N) is 1. The monoisotopic (exact) mass is 476 g/mol. The summed E-state index contributed by atoms with van der Waals surface area (Å²) in [7, 11) is 0. The van der Waals surface area contributed by atoms with Crippen molar-refractivity contribution in [1.82, 2.24) is 20.0 Å². The van der Waals surface area contributed by atoms with Gasteiger partial charge in [-0.1, -0.05) is 30.3 Å². The van der Waals surface area contributed by atoms with E-state index in [2.05, 4.69) is 10.4 Å². The molecule has 1 aliphatic heterocycles. The van der Waals surface area contributed by atoms with Gasteiger partial charge >= 0.3 is 0 Å². The number of rotatable bonds is 5. The van der Waals surface area contributed by atoms with E-state index in [1.165, 1.54) is 23.5 Å². The van der Waals surface area contributed by atoms with Gasteiger partial charge in [0.15, 0.2) is 0 Å². The number of carbonyl (C=O) groups is 2. The van der Waals surface area contributed by atoms with Crippen LogP contribution in [0.3, 0.4) is 0 Å². The highest BCUT2D eigenvalue weighted by atomic mass is 32.1. The molecule has 0 aliphatic carbocycles. The largest absolute Gasteiger partial charge is 0.352 e. The van der Waals surface area contributed by atoms with Crippen molar-refractivity contribution in [2.45, 2.75) is 26.3 Å². The molecule has 0 bridgehead atoms. The van der Waals surface area contributed by atoms with Gasteiger partial charge in [0.05, 0.1) is 16.3 Å². The van der Waals surface area contributed by atoms with Crippen LogP contribution in [0.2, 0.25) is 0 Å². The average Bonchev–Trinajstić information content (AvgIpc) is 3.44. The van der Waals surface area contributed by atoms with Crippen LogP contribution in [-0.4, -0.2) is 39.6 Å². The number of carbonyl (C=O) groups excluding carboxylic acids is 2. The molecule has 3 heterocycles. The standard InChI is InChI=1S/C26H25FN4O2S/c1-17-22-15-23(34-26(22)31(29-17)21-9-7-20(27)8-10-21)25(33)30-13-11-19(12-14-30)24(32)28-16-18-5-3-2-4-6-18/h2-10,15,19H,11-14,16H2,1H3,(H,28,32). The Balaban J connectivity index is 1.24. The summed E-state index contributed by atoms with van der Waals surface area (Å²) in [5.74, 6) is -0.352. The van der Waals surface area contributed by atoms with Crippen molar-refractivity contribution in [2.75, 3.05) is 13.1 Å². The number of fused-ring (bicyclic) bond motifs is 1. The Kier molecular flexibility index (Phi) is 6.15. The summed E-state index contributed by atoms with van der Waals surface area (Å²) in [5.41, 5.74) is 2.65. The number of thiophene rings is 1. The number of likely N-dealkylation sites (tertiary alicyclic amines) is 1. The van der Waals surface area contributed by atoms with Crippen LogP contribution in [0.1, 0.15) is 33.8 Å². The molecule has 6 nitrogen and oxygen atoms in total. The number of aryl methyl sites for hydroxylation is 1. The molecule has 8 heteroatoms. The summed E-state index contributed by atoms with van der Waals surface area (Å²) in [6, 6.07) is 17.9. The van der Waals surface area contributed by atoms with Crippen LogP contribution in [-0.2, 0) is 11.3 Å². The summed E-state index contributed by atoms with van der Waals surface area (Å²) < 4.78 is 15.1. The van der Waals surface area contributed by atoms with Gasteiger partial charge in [0, 0.05) is 30.9 Å². The van der Waals surface area contributed by atoms with E-state index in [4.69, 9.17) is 0 Å². The summed E-state index contributed by atoms with van der Waals surface area (Å²) in [5, 5.41) is 8.51. The van der Waals surface area contributed by atoms with E-state index in [-0.39, 0.29) is 23.5 Å². The number of nitrogens with zero attached hydrogens (tertiary/aromatic N) is 3. The predicted octanol–water partition coefficient (Wildman–Crippen LogP) is 4.70. The fourth-order valence-electron chi connectivity index (χ4n) is 4.34. The van der Waals surface area contributed by atoms with Gasteiger partial charge < -0.3 is 10.2 Å². The highest BCUT2D eigenvalue weighted by Crippen LogP contribution is 2.32. The Morgan fingerprint density at radius 3 is 2.50 bits per heavy atom. The minimum atomic E-state index is -0.303. The van der Waals surface area contributed by atoms with E-state index in [0.29, 0.717) is 37.4 Å². The Morgan fingerprint density at radius 2 is 1.79 bits per heavy atom. The molecule has 2 amide bonds. The predicted molar refractivity (Wildman–Crippen MR) is 131 cm³/mol. The van der Waals surface area contributed by atoms with Crippen molar-refractivity contribution < 1.29 is 14.0 Å². The van der Waals surface area contributed by atoms with Crippen LogP contribution < -0.4 is 5.32 Å². The lowest BCUT2D eigenvalue weighted by atomic mass is 9.95. The number of piperidine rings is 1. The molecule has 0 radical (unpaired) electrons. The first kappa shape index (κ1) is 22.3. The summed E-state index contributed by atoms with van der Waals surface area (Å²) >= 11 is 1.39. The Morgan fingerprint density at radius 1 is 1.09 bits per heavy atom. The highest BCUT2D eigenvalue weighted by molar-refractivity contribution is 7.20. The maximum Gasteiger partial charge on any atom is 0.264 e. The number of hydrogen-bond donors (Lipinski definition) is 1. The lowest BCUT2D eigenvalue weighted by molar-refractivity contribution is -0.126. The summed E-state index contributed by atoms with van der Waals surface area (Å²) in [6.45, 7) is 3.53. The molecule has 2 aromatic carbocycles. The molecule has 5 rings (SSSR count). The van der Waals surface area contributed by atoms with Gasteiger partial charge in [-0.05, 0) is 55.7 Å². The molecule has 34 heavy (non-hydrogen) atoms. The zero-order valence-electron chi connectivity index (χ0n) is 18.8. The van der Waals surface area contributed by atoms with Crippen LogP contribution in [0.25, 0.3) is 15.9 Å². The van der Waals surface area contributed by atoms with Crippen molar-refractivity contribution in [3.63, 3.8) is 0 Å². The SMILES string of the molecule is Cc1nn(-c2ccc(F)cc2)c2sc(C(=O)N3CCC(C(=O)NCc4ccccc4)CC3)cc12. The topological polar surface area (TPSA) is 67.2 Å². The third kappa shape index (κ3) is 4.46. The van der Waals surface area contributed by atoms with Crippen molar-refractivity contribution in [1.29, 1.82) is 0 Å². The molecule has 1 saturated heterocycles. The minimum Gasteiger partial charge on any atom is -0.352 e. The maximum atomic E-state index is 13.3. The maximum absolute atomic E-state index is 13.3. The molecule has 0 saturated carbocycles. The van der Waals surface area contributed by atoms with Crippen LogP contribution in [0.5, 0.6) is 0 Å². The van der Waals surface area contributed by atoms with Gasteiger partial charge in [0.25, 0.3) is 5.91 Å². The number of halogens is 1. The van der Waals surface area contributed by atoms with E-state index in [1.54, 1.807) is 16.8 Å². The van der Waals surface area contributed by atoms with Crippen LogP contribution in [0, 0.1) is 18.7 Å². The molecule has 1 N–H and O–H groups in total. The van der Waals surface area contributed by atoms with Gasteiger partial charge in [-0.25, -0.2) is 9.07 Å². The van der Waals surface area contributed by atoms with Gasteiger partial charge in [-0.15, -0.1) is 11.3 Å². The molecular formula is C26H25FN4O2S.